The van der Waals surface area contributed by atoms with E-state index < -0.39 is 0 Å². The average molecular weight is 287 g/mol. The third-order valence-corrected chi connectivity index (χ3v) is 4.45. The van der Waals surface area contributed by atoms with Crippen LogP contribution in [-0.2, 0) is 17.9 Å². The monoisotopic (exact) mass is 287 g/mol. The van der Waals surface area contributed by atoms with Crippen LogP contribution in [0.1, 0.15) is 38.8 Å². The molecule has 21 heavy (non-hydrogen) atoms. The van der Waals surface area contributed by atoms with Gasteiger partial charge in [-0.3, -0.25) is 4.79 Å². The summed E-state index contributed by atoms with van der Waals surface area (Å²) in [6.07, 6.45) is 2.20. The minimum Gasteiger partial charge on any atom is -0.392 e. The van der Waals surface area contributed by atoms with Crippen molar-refractivity contribution in [2.45, 2.75) is 40.8 Å². The summed E-state index contributed by atoms with van der Waals surface area (Å²) in [7, 11) is 0. The molecule has 2 atom stereocenters. The van der Waals surface area contributed by atoms with E-state index in [9.17, 15) is 9.90 Å². The Kier molecular flexibility index (Phi) is 4.52. The van der Waals surface area contributed by atoms with Crippen molar-refractivity contribution in [1.29, 1.82) is 0 Å². The van der Waals surface area contributed by atoms with E-state index in [2.05, 4.69) is 39.1 Å². The van der Waals surface area contributed by atoms with E-state index in [0.717, 1.165) is 11.1 Å². The first kappa shape index (κ1) is 15.8. The molecule has 2 rings (SSSR count). The second kappa shape index (κ2) is 6.02. The third kappa shape index (κ3) is 3.35. The minimum atomic E-state index is 0.00135. The number of allylic oxidation sites excluding steroid dienone is 2. The molecule has 1 saturated carbocycles. The van der Waals surface area contributed by atoms with Gasteiger partial charge in [-0.25, -0.2) is 0 Å². The van der Waals surface area contributed by atoms with Gasteiger partial charge in [-0.2, -0.15) is 0 Å². The fraction of sp³-hybridized carbons (Fsp3) is 0.500. The van der Waals surface area contributed by atoms with Gasteiger partial charge >= 0.3 is 0 Å². The fourth-order valence-corrected chi connectivity index (χ4v) is 3.03. The lowest BCUT2D eigenvalue weighted by atomic mass is 10.1. The zero-order valence-corrected chi connectivity index (χ0v) is 13.3. The summed E-state index contributed by atoms with van der Waals surface area (Å²) in [5, 5.41) is 12.3. The predicted molar refractivity (Wildman–Crippen MR) is 84.4 cm³/mol. The van der Waals surface area contributed by atoms with E-state index >= 15 is 0 Å². The summed E-state index contributed by atoms with van der Waals surface area (Å²) in [6.45, 7) is 8.90. The van der Waals surface area contributed by atoms with E-state index in [-0.39, 0.29) is 23.8 Å². The second-order valence-electron chi connectivity index (χ2n) is 6.71. The molecule has 2 unspecified atom stereocenters. The van der Waals surface area contributed by atoms with E-state index in [0.29, 0.717) is 12.5 Å². The Hall–Kier alpha value is -1.61. The van der Waals surface area contributed by atoms with Gasteiger partial charge in [0.2, 0.25) is 5.91 Å². The van der Waals surface area contributed by atoms with Crippen LogP contribution < -0.4 is 5.32 Å². The smallest absolute Gasteiger partial charge is 0.224 e. The zero-order valence-electron chi connectivity index (χ0n) is 13.3. The van der Waals surface area contributed by atoms with E-state index in [1.807, 2.05) is 24.3 Å². The van der Waals surface area contributed by atoms with Crippen LogP contribution in [0.4, 0.5) is 0 Å². The quantitative estimate of drug-likeness (QED) is 0.818. The normalized spacial score (nSPS) is 22.5. The number of aliphatic hydroxyl groups excluding tert-OH is 1. The van der Waals surface area contributed by atoms with Crippen molar-refractivity contribution in [1.82, 2.24) is 5.32 Å². The molecular formula is C18H25NO2. The zero-order chi connectivity index (χ0) is 15.6. The molecule has 0 radical (unpaired) electrons. The highest BCUT2D eigenvalue weighted by Crippen LogP contribution is 2.59. The van der Waals surface area contributed by atoms with Gasteiger partial charge in [0.1, 0.15) is 0 Å². The maximum atomic E-state index is 12.4. The number of aliphatic hydroxyl groups is 1. The fourth-order valence-electron chi connectivity index (χ4n) is 3.03. The van der Waals surface area contributed by atoms with Crippen molar-refractivity contribution < 1.29 is 9.90 Å². The highest BCUT2D eigenvalue weighted by Gasteiger charge is 2.60. The molecule has 1 amide bonds. The molecular weight excluding hydrogens is 262 g/mol. The van der Waals surface area contributed by atoms with Gasteiger partial charge in [-0.15, -0.1) is 0 Å². The molecule has 1 aliphatic rings. The standard InChI is InChI=1S/C18H25NO2/c1-12(2)9-15-16(18(15,3)4)17(21)19-10-13-7-5-6-8-14(13)11-20/h5-9,15-16,20H,10-11H2,1-4H3,(H,19,21). The number of nitrogens with one attached hydrogen (secondary N) is 1. The van der Waals surface area contributed by atoms with Crippen LogP contribution in [0.3, 0.4) is 0 Å². The van der Waals surface area contributed by atoms with Crippen LogP contribution in [0.25, 0.3) is 0 Å². The number of hydrogen-bond donors (Lipinski definition) is 2. The lowest BCUT2D eigenvalue weighted by Crippen LogP contribution is -2.26. The third-order valence-electron chi connectivity index (χ3n) is 4.45. The summed E-state index contributed by atoms with van der Waals surface area (Å²) < 4.78 is 0. The Morgan fingerprint density at radius 1 is 1.29 bits per heavy atom. The second-order valence-corrected chi connectivity index (χ2v) is 6.71. The Labute approximate surface area is 127 Å². The summed E-state index contributed by atoms with van der Waals surface area (Å²) in [5.41, 5.74) is 3.14. The summed E-state index contributed by atoms with van der Waals surface area (Å²) >= 11 is 0. The van der Waals surface area contributed by atoms with Crippen molar-refractivity contribution >= 4 is 5.91 Å². The Bertz CT molecular complexity index is 556. The van der Waals surface area contributed by atoms with Gasteiger partial charge < -0.3 is 10.4 Å². The number of rotatable bonds is 5. The Morgan fingerprint density at radius 2 is 1.90 bits per heavy atom. The number of amides is 1. The molecule has 0 aliphatic heterocycles. The molecule has 0 heterocycles. The molecule has 0 spiro atoms. The molecule has 0 aromatic heterocycles. The molecule has 0 saturated heterocycles. The molecule has 1 fully saturated rings. The van der Waals surface area contributed by atoms with Gasteiger partial charge in [-0.05, 0) is 36.3 Å². The van der Waals surface area contributed by atoms with E-state index in [4.69, 9.17) is 0 Å². The molecule has 2 N–H and O–H groups in total. The van der Waals surface area contributed by atoms with E-state index in [1.165, 1.54) is 5.57 Å². The van der Waals surface area contributed by atoms with Crippen molar-refractivity contribution in [2.24, 2.45) is 17.3 Å². The van der Waals surface area contributed by atoms with E-state index in [1.54, 1.807) is 0 Å². The SMILES string of the molecule is CC(C)=CC1C(C(=O)NCc2ccccc2CO)C1(C)C. The summed E-state index contributed by atoms with van der Waals surface area (Å²) in [4.78, 5) is 12.4. The first-order chi connectivity index (χ1) is 9.87. The van der Waals surface area contributed by atoms with Crippen LogP contribution >= 0.6 is 0 Å². The molecule has 3 nitrogen and oxygen atoms in total. The molecule has 114 valence electrons. The Balaban J connectivity index is 1.99. The topological polar surface area (TPSA) is 49.3 Å². The highest BCUT2D eigenvalue weighted by atomic mass is 16.3. The molecule has 1 aromatic carbocycles. The van der Waals surface area contributed by atoms with Gasteiger partial charge in [0.15, 0.2) is 0 Å². The van der Waals surface area contributed by atoms with Crippen LogP contribution in [-0.4, -0.2) is 11.0 Å². The number of hydrogen-bond acceptors (Lipinski definition) is 2. The van der Waals surface area contributed by atoms with Gasteiger partial charge in [0, 0.05) is 6.54 Å². The average Bonchev–Trinajstić information content (AvgIpc) is 2.96. The maximum absolute atomic E-state index is 12.4. The van der Waals surface area contributed by atoms with Crippen LogP contribution in [0, 0.1) is 17.3 Å². The highest BCUT2D eigenvalue weighted by molar-refractivity contribution is 5.83. The number of carbonyl (C=O) groups excluding carboxylic acids is 1. The van der Waals surface area contributed by atoms with Crippen molar-refractivity contribution in [3.05, 3.63) is 47.0 Å². The molecule has 1 aromatic rings. The first-order valence-corrected chi connectivity index (χ1v) is 7.48. The maximum Gasteiger partial charge on any atom is 0.224 e. The number of benzene rings is 1. The van der Waals surface area contributed by atoms with Gasteiger partial charge in [0.05, 0.1) is 12.5 Å². The first-order valence-electron chi connectivity index (χ1n) is 7.48. The number of carbonyl (C=O) groups is 1. The van der Waals surface area contributed by atoms with Crippen LogP contribution in [0.5, 0.6) is 0 Å². The van der Waals surface area contributed by atoms with Crippen LogP contribution in [0.15, 0.2) is 35.9 Å². The minimum absolute atomic E-state index is 0.00135. The summed E-state index contributed by atoms with van der Waals surface area (Å²) in [6, 6.07) is 7.64. The predicted octanol–water partition coefficient (Wildman–Crippen LogP) is 3.03. The van der Waals surface area contributed by atoms with Gasteiger partial charge in [0.25, 0.3) is 0 Å². The van der Waals surface area contributed by atoms with Crippen molar-refractivity contribution in [3.63, 3.8) is 0 Å². The molecule has 1 aliphatic carbocycles. The van der Waals surface area contributed by atoms with Crippen molar-refractivity contribution in [3.8, 4) is 0 Å². The lowest BCUT2D eigenvalue weighted by molar-refractivity contribution is -0.123. The summed E-state index contributed by atoms with van der Waals surface area (Å²) in [5.74, 6) is 0.486. The van der Waals surface area contributed by atoms with Gasteiger partial charge in [-0.1, -0.05) is 49.8 Å². The lowest BCUT2D eigenvalue weighted by Gasteiger charge is -2.09. The molecule has 0 bridgehead atoms. The Morgan fingerprint density at radius 3 is 2.48 bits per heavy atom. The van der Waals surface area contributed by atoms with Crippen LogP contribution in [0.2, 0.25) is 0 Å². The molecule has 3 heteroatoms. The van der Waals surface area contributed by atoms with Crippen molar-refractivity contribution in [2.75, 3.05) is 0 Å². The largest absolute Gasteiger partial charge is 0.392 e.